The van der Waals surface area contributed by atoms with E-state index in [2.05, 4.69) is 26.0 Å². The van der Waals surface area contributed by atoms with Crippen molar-refractivity contribution in [2.24, 2.45) is 0 Å². The molecule has 126 valence electrons. The van der Waals surface area contributed by atoms with E-state index in [0.717, 1.165) is 15.6 Å². The van der Waals surface area contributed by atoms with Gasteiger partial charge in [-0.3, -0.25) is 4.79 Å². The van der Waals surface area contributed by atoms with E-state index >= 15 is 0 Å². The normalized spacial score (nSPS) is 16.3. The topological polar surface area (TPSA) is 64.6 Å². The predicted octanol–water partition coefficient (Wildman–Crippen LogP) is 3.44. The second-order valence-electron chi connectivity index (χ2n) is 4.74. The first kappa shape index (κ1) is 18.7. The molecule has 0 radical (unpaired) electrons. The second kappa shape index (κ2) is 8.46. The van der Waals surface area contributed by atoms with Gasteiger partial charge in [-0.15, -0.1) is 0 Å². The molecule has 24 heavy (non-hydrogen) atoms. The lowest BCUT2D eigenvalue weighted by molar-refractivity contribution is -0.142. The maximum Gasteiger partial charge on any atom is 0.343 e. The van der Waals surface area contributed by atoms with Gasteiger partial charge >= 0.3 is 5.97 Å². The third-order valence-corrected chi connectivity index (χ3v) is 4.88. The van der Waals surface area contributed by atoms with Gasteiger partial charge in [0, 0.05) is 10.0 Å². The van der Waals surface area contributed by atoms with Gasteiger partial charge in [0.2, 0.25) is 0 Å². The van der Waals surface area contributed by atoms with Crippen LogP contribution >= 0.6 is 39.9 Å². The van der Waals surface area contributed by atoms with Crippen molar-refractivity contribution in [3.8, 4) is 5.75 Å². The Morgan fingerprint density at radius 2 is 2.21 bits per heavy atom. The molecule has 8 heteroatoms. The Balaban J connectivity index is 2.23. The van der Waals surface area contributed by atoms with E-state index in [-0.39, 0.29) is 12.5 Å². The highest BCUT2D eigenvalue weighted by atomic mass is 79.9. The number of rotatable bonds is 5. The highest BCUT2D eigenvalue weighted by Crippen LogP contribution is 2.29. The van der Waals surface area contributed by atoms with E-state index in [4.69, 9.17) is 17.0 Å². The van der Waals surface area contributed by atoms with Gasteiger partial charge in [-0.05, 0) is 30.7 Å². The number of ether oxygens (including phenoxy) is 2. The number of allylic oxidation sites excluding steroid dienone is 2. The molecule has 0 saturated carbocycles. The number of hydrogen-bond acceptors (Lipinski definition) is 6. The number of thiocarbonyl (C=S) groups is 1. The standard InChI is InChI=1S/C16H14BrNO4S2/c1-9(14-15(20)18-16(23)24-14)3-4-10-7-11(17)5-6-12(10)22-8-13(19)21-2/h3-7H,8H2,1-2H3,(H,18,20,23)/b4-3+,14-9+. The summed E-state index contributed by atoms with van der Waals surface area (Å²) in [5.74, 6) is -0.112. The number of amides is 1. The first-order valence-corrected chi connectivity index (χ1v) is 8.83. The van der Waals surface area contributed by atoms with Gasteiger partial charge in [0.15, 0.2) is 6.61 Å². The van der Waals surface area contributed by atoms with Gasteiger partial charge in [-0.25, -0.2) is 4.79 Å². The molecular weight excluding hydrogens is 414 g/mol. The predicted molar refractivity (Wildman–Crippen MR) is 102 cm³/mol. The molecule has 1 saturated heterocycles. The summed E-state index contributed by atoms with van der Waals surface area (Å²) >= 11 is 9.62. The Labute approximate surface area is 157 Å². The number of benzene rings is 1. The van der Waals surface area contributed by atoms with Crippen molar-refractivity contribution in [2.45, 2.75) is 6.92 Å². The molecule has 2 rings (SSSR count). The summed E-state index contributed by atoms with van der Waals surface area (Å²) in [7, 11) is 1.30. The van der Waals surface area contributed by atoms with Crippen molar-refractivity contribution in [2.75, 3.05) is 13.7 Å². The number of nitrogens with one attached hydrogen (secondary N) is 1. The van der Waals surface area contributed by atoms with Crippen LogP contribution in [-0.2, 0) is 14.3 Å². The molecular formula is C16H14BrNO4S2. The Bertz CT molecular complexity index is 758. The first-order valence-electron chi connectivity index (χ1n) is 6.82. The fraction of sp³-hybridized carbons (Fsp3) is 0.188. The van der Waals surface area contributed by atoms with Gasteiger partial charge in [0.05, 0.1) is 12.0 Å². The van der Waals surface area contributed by atoms with Gasteiger partial charge in [0.1, 0.15) is 10.1 Å². The Kier molecular flexibility index (Phi) is 6.59. The molecule has 1 aliphatic heterocycles. The lowest BCUT2D eigenvalue weighted by atomic mass is 10.1. The molecule has 0 bridgehead atoms. The summed E-state index contributed by atoms with van der Waals surface area (Å²) in [6, 6.07) is 5.42. The Morgan fingerprint density at radius 1 is 1.46 bits per heavy atom. The second-order valence-corrected chi connectivity index (χ2v) is 7.34. The molecule has 0 unspecified atom stereocenters. The zero-order valence-electron chi connectivity index (χ0n) is 12.9. The number of halogens is 1. The summed E-state index contributed by atoms with van der Waals surface area (Å²) in [5.41, 5.74) is 1.55. The smallest absolute Gasteiger partial charge is 0.343 e. The number of carbonyl (C=O) groups excluding carboxylic acids is 2. The molecule has 0 aromatic heterocycles. The molecule has 1 aromatic carbocycles. The zero-order chi connectivity index (χ0) is 17.7. The van der Waals surface area contributed by atoms with Gasteiger partial charge < -0.3 is 14.8 Å². The molecule has 5 nitrogen and oxygen atoms in total. The van der Waals surface area contributed by atoms with Gasteiger partial charge in [0.25, 0.3) is 5.91 Å². The minimum absolute atomic E-state index is 0.175. The van der Waals surface area contributed by atoms with Crippen LogP contribution in [0.1, 0.15) is 12.5 Å². The van der Waals surface area contributed by atoms with Crippen LogP contribution in [0, 0.1) is 0 Å². The fourth-order valence-corrected chi connectivity index (χ4v) is 3.26. The van der Waals surface area contributed by atoms with Crippen molar-refractivity contribution in [1.29, 1.82) is 0 Å². The molecule has 1 N–H and O–H groups in total. The Morgan fingerprint density at radius 3 is 2.83 bits per heavy atom. The third kappa shape index (κ3) is 4.93. The van der Waals surface area contributed by atoms with E-state index in [1.807, 2.05) is 31.2 Å². The van der Waals surface area contributed by atoms with Crippen LogP contribution in [0.15, 0.2) is 39.2 Å². The monoisotopic (exact) mass is 427 g/mol. The molecule has 0 spiro atoms. The first-order chi connectivity index (χ1) is 11.4. The van der Waals surface area contributed by atoms with Crippen LogP contribution in [0.4, 0.5) is 0 Å². The number of methoxy groups -OCH3 is 1. The van der Waals surface area contributed by atoms with Crippen LogP contribution in [0.5, 0.6) is 5.75 Å². The Hall–Kier alpha value is -1.64. The molecule has 1 aliphatic rings. The van der Waals surface area contributed by atoms with E-state index in [1.165, 1.54) is 18.9 Å². The summed E-state index contributed by atoms with van der Waals surface area (Å²) in [4.78, 5) is 23.6. The average molecular weight is 428 g/mol. The van der Waals surface area contributed by atoms with Gasteiger partial charge in [-0.1, -0.05) is 52.1 Å². The van der Waals surface area contributed by atoms with Crippen LogP contribution < -0.4 is 10.1 Å². The maximum atomic E-state index is 11.8. The average Bonchev–Trinajstić information content (AvgIpc) is 2.89. The molecule has 1 heterocycles. The highest BCUT2D eigenvalue weighted by Gasteiger charge is 2.23. The summed E-state index contributed by atoms with van der Waals surface area (Å²) in [5, 5.41) is 2.59. The molecule has 0 aliphatic carbocycles. The fourth-order valence-electron chi connectivity index (χ4n) is 1.84. The third-order valence-electron chi connectivity index (χ3n) is 3.03. The zero-order valence-corrected chi connectivity index (χ0v) is 16.1. The lowest BCUT2D eigenvalue weighted by Crippen LogP contribution is -2.18. The quantitative estimate of drug-likeness (QED) is 0.441. The van der Waals surface area contributed by atoms with E-state index in [1.54, 1.807) is 6.07 Å². The van der Waals surface area contributed by atoms with Crippen LogP contribution in [0.25, 0.3) is 6.08 Å². The van der Waals surface area contributed by atoms with Crippen molar-refractivity contribution < 1.29 is 19.1 Å². The SMILES string of the molecule is COC(=O)COc1ccc(Br)cc1/C=C/C(C)=C1/SC(=S)NC1=O. The van der Waals surface area contributed by atoms with Gasteiger partial charge in [-0.2, -0.15) is 0 Å². The summed E-state index contributed by atoms with van der Waals surface area (Å²) in [6.45, 7) is 1.66. The lowest BCUT2D eigenvalue weighted by Gasteiger charge is -2.09. The minimum Gasteiger partial charge on any atom is -0.481 e. The van der Waals surface area contributed by atoms with E-state index in [9.17, 15) is 9.59 Å². The largest absolute Gasteiger partial charge is 0.481 e. The molecule has 1 fully saturated rings. The maximum absolute atomic E-state index is 11.8. The van der Waals surface area contributed by atoms with Crippen LogP contribution in [-0.4, -0.2) is 29.9 Å². The van der Waals surface area contributed by atoms with Crippen molar-refractivity contribution in [1.82, 2.24) is 5.32 Å². The molecule has 1 amide bonds. The van der Waals surface area contributed by atoms with Crippen molar-refractivity contribution in [3.63, 3.8) is 0 Å². The summed E-state index contributed by atoms with van der Waals surface area (Å²) in [6.07, 6.45) is 3.62. The van der Waals surface area contributed by atoms with E-state index in [0.29, 0.717) is 15.0 Å². The minimum atomic E-state index is -0.460. The van der Waals surface area contributed by atoms with Crippen LogP contribution in [0.2, 0.25) is 0 Å². The number of esters is 1. The number of hydrogen-bond donors (Lipinski definition) is 1. The highest BCUT2D eigenvalue weighted by molar-refractivity contribution is 9.10. The number of thioether (sulfide) groups is 1. The van der Waals surface area contributed by atoms with Crippen LogP contribution in [0.3, 0.4) is 0 Å². The van der Waals surface area contributed by atoms with Crippen molar-refractivity contribution in [3.05, 3.63) is 44.8 Å². The molecule has 1 aromatic rings. The molecule has 0 atom stereocenters. The number of carbonyl (C=O) groups is 2. The van der Waals surface area contributed by atoms with Crippen molar-refractivity contribution >= 4 is 62.2 Å². The van der Waals surface area contributed by atoms with E-state index < -0.39 is 5.97 Å². The summed E-state index contributed by atoms with van der Waals surface area (Å²) < 4.78 is 11.4.